The second-order valence-electron chi connectivity index (χ2n) is 16.7. The van der Waals surface area contributed by atoms with Crippen molar-refractivity contribution >= 4 is 0 Å². The summed E-state index contributed by atoms with van der Waals surface area (Å²) in [6, 6.07) is 33.1. The fourth-order valence-corrected chi connectivity index (χ4v) is 6.78. The van der Waals surface area contributed by atoms with Crippen molar-refractivity contribution < 1.29 is 33.5 Å². The van der Waals surface area contributed by atoms with E-state index in [4.69, 9.17) is 28.4 Å². The molecule has 3 unspecified atom stereocenters. The van der Waals surface area contributed by atoms with Gasteiger partial charge in [-0.1, -0.05) is 76.2 Å². The van der Waals surface area contributed by atoms with Gasteiger partial charge in [-0.2, -0.15) is 0 Å². The zero-order valence-electron chi connectivity index (χ0n) is 32.1. The van der Waals surface area contributed by atoms with Crippen molar-refractivity contribution in [3.05, 3.63) is 119 Å². The molecule has 0 aromatic heterocycles. The lowest BCUT2D eigenvalue weighted by molar-refractivity contribution is 0.0175. The summed E-state index contributed by atoms with van der Waals surface area (Å²) in [5.74, 6) is 3.20. The van der Waals surface area contributed by atoms with Crippen LogP contribution in [0, 0.1) is 0 Å². The first-order valence-electron chi connectivity index (χ1n) is 18.6. The third-order valence-electron chi connectivity index (χ3n) is 10.2. The minimum absolute atomic E-state index is 0.172. The minimum Gasteiger partial charge on any atom is -0.491 e. The summed E-state index contributed by atoms with van der Waals surface area (Å²) >= 11 is 0. The number of rotatable bonds is 18. The Balaban J connectivity index is 0.969. The Labute approximate surface area is 310 Å². The van der Waals surface area contributed by atoms with Crippen LogP contribution in [0.1, 0.15) is 90.5 Å². The molecule has 2 fully saturated rings. The molecule has 0 aliphatic carbocycles. The van der Waals surface area contributed by atoms with Gasteiger partial charge in [-0.3, -0.25) is 0 Å². The Morgan fingerprint density at radius 1 is 0.538 bits per heavy atom. The van der Waals surface area contributed by atoms with Gasteiger partial charge in [-0.05, 0) is 98.5 Å². The summed E-state index contributed by atoms with van der Waals surface area (Å²) in [6.07, 6.45) is 1.16. The lowest BCUT2D eigenvalue weighted by Gasteiger charge is -2.30. The molecule has 2 saturated heterocycles. The van der Waals surface area contributed by atoms with Crippen LogP contribution in [0.2, 0.25) is 0 Å². The molecule has 0 saturated carbocycles. The molecule has 2 heterocycles. The molecule has 2 aliphatic rings. The summed E-state index contributed by atoms with van der Waals surface area (Å²) in [5, 5.41) is 10.9. The fourth-order valence-electron chi connectivity index (χ4n) is 6.78. The van der Waals surface area contributed by atoms with Crippen molar-refractivity contribution in [3.63, 3.8) is 0 Å². The van der Waals surface area contributed by atoms with Crippen molar-refractivity contribution in [2.75, 3.05) is 26.4 Å². The zero-order valence-corrected chi connectivity index (χ0v) is 32.1. The summed E-state index contributed by atoms with van der Waals surface area (Å²) in [7, 11) is 0. The molecule has 0 amide bonds. The van der Waals surface area contributed by atoms with Crippen LogP contribution < -0.4 is 18.9 Å². The van der Waals surface area contributed by atoms with Crippen LogP contribution in [0.4, 0.5) is 0 Å². The molecule has 278 valence electrons. The van der Waals surface area contributed by atoms with E-state index in [1.807, 2.05) is 50.2 Å². The van der Waals surface area contributed by atoms with E-state index in [2.05, 4.69) is 102 Å². The average Bonchev–Trinajstić information content (AvgIpc) is 4.04. The molecule has 1 N–H and O–H groups in total. The molecule has 0 bridgehead atoms. The van der Waals surface area contributed by atoms with Crippen molar-refractivity contribution in [3.8, 4) is 23.0 Å². The second kappa shape index (κ2) is 15.1. The van der Waals surface area contributed by atoms with E-state index < -0.39 is 11.7 Å². The molecule has 7 nitrogen and oxygen atoms in total. The predicted molar refractivity (Wildman–Crippen MR) is 205 cm³/mol. The van der Waals surface area contributed by atoms with Gasteiger partial charge < -0.3 is 33.5 Å². The smallest absolute Gasteiger partial charge is 0.120 e. The maximum atomic E-state index is 10.9. The molecule has 4 aromatic rings. The number of aliphatic hydroxyl groups excluding tert-OH is 1. The Morgan fingerprint density at radius 2 is 0.904 bits per heavy atom. The molecule has 3 atom stereocenters. The number of epoxide rings is 2. The SMILES string of the molecule is CC(C)(CC(O)COc1ccc(C(C)(C)c2ccc(OC(C)(C)CC3CO3)cc2)cc1)Oc1ccc(C(C)(C)c2ccc(OCC3CO3)cc2)cc1. The maximum Gasteiger partial charge on any atom is 0.120 e. The van der Waals surface area contributed by atoms with Gasteiger partial charge in [0.25, 0.3) is 0 Å². The van der Waals surface area contributed by atoms with Crippen LogP contribution in [0.5, 0.6) is 23.0 Å². The lowest BCUT2D eigenvalue weighted by atomic mass is 9.78. The van der Waals surface area contributed by atoms with Gasteiger partial charge in [0.2, 0.25) is 0 Å². The third-order valence-corrected chi connectivity index (χ3v) is 10.2. The van der Waals surface area contributed by atoms with Crippen LogP contribution in [0.25, 0.3) is 0 Å². The highest BCUT2D eigenvalue weighted by molar-refractivity contribution is 5.43. The van der Waals surface area contributed by atoms with E-state index in [1.54, 1.807) is 0 Å². The van der Waals surface area contributed by atoms with Crippen molar-refractivity contribution in [2.24, 2.45) is 0 Å². The van der Waals surface area contributed by atoms with Crippen LogP contribution in [-0.2, 0) is 20.3 Å². The van der Waals surface area contributed by atoms with Crippen LogP contribution in [-0.4, -0.2) is 61.0 Å². The van der Waals surface area contributed by atoms with Crippen LogP contribution >= 0.6 is 0 Å². The first kappa shape index (κ1) is 37.7. The number of aliphatic hydroxyl groups is 1. The largest absolute Gasteiger partial charge is 0.491 e. The van der Waals surface area contributed by atoms with Crippen molar-refractivity contribution in [1.82, 2.24) is 0 Å². The van der Waals surface area contributed by atoms with Gasteiger partial charge in [0, 0.05) is 23.7 Å². The molecule has 2 aliphatic heterocycles. The van der Waals surface area contributed by atoms with Crippen molar-refractivity contribution in [2.45, 2.75) is 109 Å². The minimum atomic E-state index is -0.699. The first-order valence-corrected chi connectivity index (χ1v) is 18.6. The van der Waals surface area contributed by atoms with Crippen LogP contribution in [0.3, 0.4) is 0 Å². The Bertz CT molecular complexity index is 1730. The summed E-state index contributed by atoms with van der Waals surface area (Å²) < 4.78 is 35.1. The molecule has 7 heteroatoms. The highest BCUT2D eigenvalue weighted by Gasteiger charge is 2.33. The number of hydrogen-bond donors (Lipinski definition) is 1. The standard InChI is InChI=1S/C45H56O7/c1-42(2,51-38-21-13-33(14-22-38)45(7,8)32-11-19-37(20-12-32)48-29-41-30-50-41)25-35(46)27-47-36-17-9-31(10-18-36)44(5,6)34-15-23-39(24-16-34)52-43(3,4)26-40-28-49-40/h9-24,35,40-41,46H,25-30H2,1-8H3. The van der Waals surface area contributed by atoms with Gasteiger partial charge in [0.1, 0.15) is 53.5 Å². The molecular formula is C45H56O7. The predicted octanol–water partition coefficient (Wildman–Crippen LogP) is 9.05. The van der Waals surface area contributed by atoms with E-state index in [-0.39, 0.29) is 29.1 Å². The summed E-state index contributed by atoms with van der Waals surface area (Å²) in [4.78, 5) is 0. The summed E-state index contributed by atoms with van der Waals surface area (Å²) in [5.41, 5.74) is 3.47. The molecule has 0 radical (unpaired) electrons. The van der Waals surface area contributed by atoms with Gasteiger partial charge in [0.05, 0.1) is 25.4 Å². The van der Waals surface area contributed by atoms with E-state index in [0.717, 1.165) is 42.6 Å². The normalized spacial score (nSPS) is 18.0. The van der Waals surface area contributed by atoms with Gasteiger partial charge in [-0.15, -0.1) is 0 Å². The Kier molecular flexibility index (Phi) is 11.0. The van der Waals surface area contributed by atoms with Crippen molar-refractivity contribution in [1.29, 1.82) is 0 Å². The van der Waals surface area contributed by atoms with Crippen LogP contribution in [0.15, 0.2) is 97.1 Å². The highest BCUT2D eigenvalue weighted by Crippen LogP contribution is 2.36. The maximum absolute atomic E-state index is 10.9. The fraction of sp³-hybridized carbons (Fsp3) is 0.467. The zero-order chi connectivity index (χ0) is 37.1. The topological polar surface area (TPSA) is 82.2 Å². The number of benzene rings is 4. The van der Waals surface area contributed by atoms with Gasteiger partial charge in [-0.25, -0.2) is 0 Å². The van der Waals surface area contributed by atoms with E-state index in [0.29, 0.717) is 19.1 Å². The third kappa shape index (κ3) is 10.1. The molecule has 52 heavy (non-hydrogen) atoms. The van der Waals surface area contributed by atoms with Gasteiger partial charge >= 0.3 is 0 Å². The monoisotopic (exact) mass is 708 g/mol. The van der Waals surface area contributed by atoms with Gasteiger partial charge in [0.15, 0.2) is 0 Å². The number of hydrogen-bond acceptors (Lipinski definition) is 7. The first-order chi connectivity index (χ1) is 24.6. The average molecular weight is 709 g/mol. The lowest BCUT2D eigenvalue weighted by Crippen LogP contribution is -2.35. The molecular weight excluding hydrogens is 652 g/mol. The summed E-state index contributed by atoms with van der Waals surface area (Å²) in [6.45, 7) is 19.5. The molecule has 6 rings (SSSR count). The Hall–Kier alpha value is -4.04. The Morgan fingerprint density at radius 3 is 1.31 bits per heavy atom. The molecule has 4 aromatic carbocycles. The van der Waals surface area contributed by atoms with E-state index in [9.17, 15) is 5.11 Å². The second-order valence-corrected chi connectivity index (χ2v) is 16.7. The van der Waals surface area contributed by atoms with E-state index in [1.165, 1.54) is 22.3 Å². The molecule has 0 spiro atoms. The quantitative estimate of drug-likeness (QED) is 0.103. The highest BCUT2D eigenvalue weighted by atomic mass is 16.6. The van der Waals surface area contributed by atoms with E-state index >= 15 is 0 Å². The number of ether oxygens (including phenoxy) is 6.